The van der Waals surface area contributed by atoms with E-state index in [1.54, 1.807) is 11.3 Å². The fourth-order valence-electron chi connectivity index (χ4n) is 2.82. The van der Waals surface area contributed by atoms with Crippen LogP contribution < -0.4 is 10.6 Å². The van der Waals surface area contributed by atoms with E-state index in [0.717, 1.165) is 52.1 Å². The summed E-state index contributed by atoms with van der Waals surface area (Å²) in [6.07, 6.45) is 1.02. The summed E-state index contributed by atoms with van der Waals surface area (Å²) in [5.74, 6) is 0.591. The summed E-state index contributed by atoms with van der Waals surface area (Å²) in [4.78, 5) is 23.2. The average Bonchev–Trinajstić information content (AvgIpc) is 3.21. The van der Waals surface area contributed by atoms with Gasteiger partial charge in [-0.25, -0.2) is 4.98 Å². The summed E-state index contributed by atoms with van der Waals surface area (Å²) in [6, 6.07) is 2.00. The maximum atomic E-state index is 12.6. The molecule has 1 aliphatic rings. The van der Waals surface area contributed by atoms with Gasteiger partial charge in [-0.15, -0.1) is 11.3 Å². The summed E-state index contributed by atoms with van der Waals surface area (Å²) in [6.45, 7) is 8.46. The van der Waals surface area contributed by atoms with Gasteiger partial charge in [0, 0.05) is 26.2 Å². The first kappa shape index (κ1) is 15.7. The molecule has 0 saturated carbocycles. The molecule has 1 fully saturated rings. The number of aromatic nitrogens is 1. The first-order valence-electron chi connectivity index (χ1n) is 7.80. The maximum absolute atomic E-state index is 12.6. The van der Waals surface area contributed by atoms with E-state index in [1.807, 2.05) is 11.0 Å². The van der Waals surface area contributed by atoms with Crippen molar-refractivity contribution >= 4 is 43.2 Å². The lowest BCUT2D eigenvalue weighted by Gasteiger charge is -2.16. The minimum Gasteiger partial charge on any atom is -0.349 e. The maximum Gasteiger partial charge on any atom is 0.264 e. The van der Waals surface area contributed by atoms with Crippen LogP contribution in [0.25, 0.3) is 9.53 Å². The second-order valence-electron chi connectivity index (χ2n) is 5.59. The van der Waals surface area contributed by atoms with Crippen molar-refractivity contribution < 1.29 is 4.79 Å². The summed E-state index contributed by atoms with van der Waals surface area (Å²) in [5.41, 5.74) is 5.70. The number of nitrogens with two attached hydrogens (primary N) is 1. The number of fused-ring (bicyclic) bond motifs is 1. The van der Waals surface area contributed by atoms with Crippen molar-refractivity contribution in [2.24, 2.45) is 11.7 Å². The lowest BCUT2D eigenvalue weighted by molar-refractivity contribution is 0.0792. The minimum absolute atomic E-state index is 0.135. The lowest BCUT2D eigenvalue weighted by Crippen LogP contribution is -2.29. The predicted molar refractivity (Wildman–Crippen MR) is 94.1 cm³/mol. The molecule has 0 bridgehead atoms. The number of thiazole rings is 1. The standard InChI is InChI=1S/C15H22N4OS2/c1-3-18(4-2)15-17-13-11(22-15)7-12(21-13)14(20)19-6-5-10(8-16)9-19/h7,10H,3-6,8-9,16H2,1-2H3. The number of rotatable bonds is 5. The van der Waals surface area contributed by atoms with E-state index in [4.69, 9.17) is 5.73 Å². The first-order chi connectivity index (χ1) is 10.7. The van der Waals surface area contributed by atoms with Gasteiger partial charge in [-0.2, -0.15) is 0 Å². The average molecular weight is 339 g/mol. The number of anilines is 1. The van der Waals surface area contributed by atoms with Crippen LogP contribution in [0, 0.1) is 5.92 Å². The highest BCUT2D eigenvalue weighted by Crippen LogP contribution is 2.35. The highest BCUT2D eigenvalue weighted by Gasteiger charge is 2.27. The molecule has 22 heavy (non-hydrogen) atoms. The number of amides is 1. The van der Waals surface area contributed by atoms with E-state index in [9.17, 15) is 4.79 Å². The Balaban J connectivity index is 1.78. The molecule has 0 spiro atoms. The van der Waals surface area contributed by atoms with Gasteiger partial charge in [0.25, 0.3) is 5.91 Å². The van der Waals surface area contributed by atoms with E-state index in [1.165, 1.54) is 11.3 Å². The normalized spacial score (nSPS) is 18.3. The fraction of sp³-hybridized carbons (Fsp3) is 0.600. The van der Waals surface area contributed by atoms with Crippen molar-refractivity contribution in [3.8, 4) is 0 Å². The Morgan fingerprint density at radius 2 is 2.23 bits per heavy atom. The lowest BCUT2D eigenvalue weighted by atomic mass is 10.1. The zero-order valence-corrected chi connectivity index (χ0v) is 14.7. The molecule has 3 rings (SSSR count). The van der Waals surface area contributed by atoms with Gasteiger partial charge < -0.3 is 15.5 Å². The quantitative estimate of drug-likeness (QED) is 0.910. The molecule has 5 nitrogen and oxygen atoms in total. The molecule has 1 saturated heterocycles. The van der Waals surface area contributed by atoms with Crippen LogP contribution in [0.2, 0.25) is 0 Å². The van der Waals surface area contributed by atoms with Crippen LogP contribution in [0.4, 0.5) is 5.13 Å². The molecule has 7 heteroatoms. The third kappa shape index (κ3) is 2.85. The number of hydrogen-bond donors (Lipinski definition) is 1. The largest absolute Gasteiger partial charge is 0.349 e. The third-order valence-electron chi connectivity index (χ3n) is 4.23. The Hall–Kier alpha value is -1.18. The van der Waals surface area contributed by atoms with E-state index >= 15 is 0 Å². The molecule has 1 aliphatic heterocycles. The van der Waals surface area contributed by atoms with E-state index in [2.05, 4.69) is 23.7 Å². The fourth-order valence-corrected chi connectivity index (χ4v) is 5.13. The molecule has 0 aliphatic carbocycles. The Kier molecular flexibility index (Phi) is 4.65. The second kappa shape index (κ2) is 6.52. The highest BCUT2D eigenvalue weighted by molar-refractivity contribution is 7.29. The molecule has 0 aromatic carbocycles. The number of likely N-dealkylation sites (tertiary alicyclic amines) is 1. The number of carbonyl (C=O) groups is 1. The zero-order chi connectivity index (χ0) is 15.7. The van der Waals surface area contributed by atoms with Crippen molar-refractivity contribution in [3.05, 3.63) is 10.9 Å². The van der Waals surface area contributed by atoms with Crippen molar-refractivity contribution in [1.82, 2.24) is 9.88 Å². The third-order valence-corrected chi connectivity index (χ3v) is 6.44. The molecule has 3 heterocycles. The monoisotopic (exact) mass is 338 g/mol. The van der Waals surface area contributed by atoms with Gasteiger partial charge in [0.05, 0.1) is 9.58 Å². The second-order valence-corrected chi connectivity index (χ2v) is 7.63. The van der Waals surface area contributed by atoms with Crippen LogP contribution in [-0.4, -0.2) is 48.5 Å². The van der Waals surface area contributed by atoms with Crippen LogP contribution in [0.3, 0.4) is 0 Å². The SMILES string of the molecule is CCN(CC)c1nc2sc(C(=O)N3CCC(CN)C3)cc2s1. The Morgan fingerprint density at radius 3 is 2.82 bits per heavy atom. The van der Waals surface area contributed by atoms with Gasteiger partial charge in [-0.3, -0.25) is 4.79 Å². The molecule has 1 unspecified atom stereocenters. The molecule has 120 valence electrons. The number of hydrogen-bond acceptors (Lipinski definition) is 6. The number of carbonyl (C=O) groups excluding carboxylic acids is 1. The van der Waals surface area contributed by atoms with Gasteiger partial charge in [0.15, 0.2) is 5.13 Å². The van der Waals surface area contributed by atoms with E-state index < -0.39 is 0 Å². The summed E-state index contributed by atoms with van der Waals surface area (Å²) < 4.78 is 1.12. The number of thiophene rings is 1. The highest BCUT2D eigenvalue weighted by atomic mass is 32.1. The van der Waals surface area contributed by atoms with Gasteiger partial charge in [0.2, 0.25) is 0 Å². The predicted octanol–water partition coefficient (Wildman–Crippen LogP) is 2.62. The van der Waals surface area contributed by atoms with Crippen LogP contribution in [0.1, 0.15) is 29.9 Å². The molecule has 1 amide bonds. The summed E-state index contributed by atoms with van der Waals surface area (Å²) in [7, 11) is 0. The van der Waals surface area contributed by atoms with Gasteiger partial charge in [0.1, 0.15) is 4.83 Å². The van der Waals surface area contributed by atoms with Crippen LogP contribution in [0.15, 0.2) is 6.07 Å². The summed E-state index contributed by atoms with van der Waals surface area (Å²) >= 11 is 3.19. The van der Waals surface area contributed by atoms with Crippen LogP contribution in [-0.2, 0) is 0 Å². The first-order valence-corrected chi connectivity index (χ1v) is 9.44. The molecule has 0 radical (unpaired) electrons. The van der Waals surface area contributed by atoms with Crippen molar-refractivity contribution in [3.63, 3.8) is 0 Å². The van der Waals surface area contributed by atoms with Crippen molar-refractivity contribution in [2.45, 2.75) is 20.3 Å². The van der Waals surface area contributed by atoms with E-state index in [0.29, 0.717) is 12.5 Å². The van der Waals surface area contributed by atoms with Gasteiger partial charge >= 0.3 is 0 Å². The van der Waals surface area contributed by atoms with Crippen LogP contribution >= 0.6 is 22.7 Å². The molecule has 2 N–H and O–H groups in total. The zero-order valence-electron chi connectivity index (χ0n) is 13.0. The van der Waals surface area contributed by atoms with E-state index in [-0.39, 0.29) is 5.91 Å². The molecular weight excluding hydrogens is 316 g/mol. The molecule has 1 atom stereocenters. The van der Waals surface area contributed by atoms with Crippen LogP contribution in [0.5, 0.6) is 0 Å². The molecule has 2 aromatic rings. The van der Waals surface area contributed by atoms with Gasteiger partial charge in [-0.1, -0.05) is 11.3 Å². The van der Waals surface area contributed by atoms with Crippen molar-refractivity contribution in [2.75, 3.05) is 37.6 Å². The molecule has 2 aromatic heterocycles. The Labute approximate surface area is 138 Å². The summed E-state index contributed by atoms with van der Waals surface area (Å²) in [5, 5.41) is 1.05. The van der Waals surface area contributed by atoms with Gasteiger partial charge in [-0.05, 0) is 38.8 Å². The number of nitrogens with zero attached hydrogens (tertiary/aromatic N) is 3. The Morgan fingerprint density at radius 1 is 1.45 bits per heavy atom. The topological polar surface area (TPSA) is 62.5 Å². The van der Waals surface area contributed by atoms with Crippen molar-refractivity contribution in [1.29, 1.82) is 0 Å². The minimum atomic E-state index is 0.135. The Bertz CT molecular complexity index is 630. The molecular formula is C15H22N4OS2. The smallest absolute Gasteiger partial charge is 0.264 e.